The Morgan fingerprint density at radius 2 is 1.74 bits per heavy atom. The van der Waals surface area contributed by atoms with Gasteiger partial charge in [-0.05, 0) is 22.8 Å². The first-order valence-electron chi connectivity index (χ1n) is 7.84. The Kier molecular flexibility index (Phi) is 3.15. The van der Waals surface area contributed by atoms with Gasteiger partial charge in [-0.2, -0.15) is 0 Å². The zero-order chi connectivity index (χ0) is 16.0. The third-order valence-corrected chi connectivity index (χ3v) is 4.85. The Morgan fingerprint density at radius 1 is 1.04 bits per heavy atom. The van der Waals surface area contributed by atoms with Crippen LogP contribution in [0.15, 0.2) is 60.2 Å². The third kappa shape index (κ3) is 2.12. The molecule has 3 nitrogen and oxygen atoms in total. The number of nitrogens with zero attached hydrogens (tertiary/aromatic N) is 1. The Balaban J connectivity index is 1.89. The molecule has 1 aliphatic carbocycles. The molecule has 0 aromatic heterocycles. The molecule has 0 bridgehead atoms. The van der Waals surface area contributed by atoms with Crippen molar-refractivity contribution in [3.8, 4) is 0 Å². The highest BCUT2D eigenvalue weighted by atomic mass is 16.2. The van der Waals surface area contributed by atoms with E-state index in [1.807, 2.05) is 42.5 Å². The number of benzene rings is 2. The van der Waals surface area contributed by atoms with Crippen molar-refractivity contribution in [2.24, 2.45) is 5.92 Å². The maximum Gasteiger partial charge on any atom is 0.256 e. The Hall–Kier alpha value is -2.68. The van der Waals surface area contributed by atoms with Crippen molar-refractivity contribution in [3.05, 3.63) is 76.9 Å². The van der Waals surface area contributed by atoms with Crippen molar-refractivity contribution >= 4 is 17.9 Å². The Morgan fingerprint density at radius 3 is 2.48 bits per heavy atom. The molecule has 114 valence electrons. The molecule has 23 heavy (non-hydrogen) atoms. The largest absolute Gasteiger partial charge is 0.278 e. The minimum atomic E-state index is -0.179. The molecule has 0 N–H and O–H groups in total. The van der Waals surface area contributed by atoms with Crippen LogP contribution in [0.2, 0.25) is 0 Å². The molecule has 0 spiro atoms. The smallest absolute Gasteiger partial charge is 0.256 e. The van der Waals surface area contributed by atoms with Crippen molar-refractivity contribution < 1.29 is 9.59 Å². The predicted molar refractivity (Wildman–Crippen MR) is 88.6 cm³/mol. The molecule has 2 aromatic rings. The van der Waals surface area contributed by atoms with Crippen LogP contribution >= 0.6 is 0 Å². The van der Waals surface area contributed by atoms with Crippen LogP contribution in [0.25, 0.3) is 6.08 Å². The monoisotopic (exact) mass is 303 g/mol. The number of amides is 2. The number of hydrogen-bond acceptors (Lipinski definition) is 2. The van der Waals surface area contributed by atoms with Crippen LogP contribution in [0.4, 0.5) is 0 Å². The van der Waals surface area contributed by atoms with Gasteiger partial charge in [0, 0.05) is 30.9 Å². The first kappa shape index (κ1) is 13.9. The summed E-state index contributed by atoms with van der Waals surface area (Å²) in [6, 6.07) is 18.4. The molecule has 1 aliphatic heterocycles. The first-order valence-corrected chi connectivity index (χ1v) is 7.84. The van der Waals surface area contributed by atoms with Crippen LogP contribution in [0.1, 0.15) is 29.5 Å². The van der Waals surface area contributed by atoms with Gasteiger partial charge in [0.15, 0.2) is 0 Å². The normalized spacial score (nSPS) is 22.4. The lowest BCUT2D eigenvalue weighted by atomic mass is 9.73. The van der Waals surface area contributed by atoms with E-state index in [4.69, 9.17) is 0 Å². The minimum absolute atomic E-state index is 0.0312. The fourth-order valence-electron chi connectivity index (χ4n) is 3.80. The molecule has 0 radical (unpaired) electrons. The second-order valence-corrected chi connectivity index (χ2v) is 6.16. The Labute approximate surface area is 135 Å². The van der Waals surface area contributed by atoms with Crippen LogP contribution in [0, 0.1) is 5.92 Å². The van der Waals surface area contributed by atoms with Gasteiger partial charge < -0.3 is 0 Å². The van der Waals surface area contributed by atoms with Gasteiger partial charge in [0.2, 0.25) is 5.91 Å². The van der Waals surface area contributed by atoms with Crippen molar-refractivity contribution in [1.29, 1.82) is 0 Å². The highest BCUT2D eigenvalue weighted by Gasteiger charge is 2.44. The summed E-state index contributed by atoms with van der Waals surface area (Å²) in [5, 5.41) is 0. The van der Waals surface area contributed by atoms with Gasteiger partial charge in [0.1, 0.15) is 0 Å². The second kappa shape index (κ2) is 5.20. The fourth-order valence-corrected chi connectivity index (χ4v) is 3.80. The number of imide groups is 1. The number of hydrogen-bond donors (Lipinski definition) is 0. The lowest BCUT2D eigenvalue weighted by molar-refractivity contribution is -0.138. The average Bonchev–Trinajstić information content (AvgIpc) is 2.90. The van der Waals surface area contributed by atoms with Crippen molar-refractivity contribution in [1.82, 2.24) is 4.90 Å². The van der Waals surface area contributed by atoms with Gasteiger partial charge in [-0.1, -0.05) is 54.6 Å². The van der Waals surface area contributed by atoms with E-state index < -0.39 is 0 Å². The van der Waals surface area contributed by atoms with Gasteiger partial charge in [-0.3, -0.25) is 14.5 Å². The maximum atomic E-state index is 12.6. The van der Waals surface area contributed by atoms with Crippen LogP contribution < -0.4 is 0 Å². The minimum Gasteiger partial charge on any atom is -0.278 e. The molecule has 1 fully saturated rings. The lowest BCUT2D eigenvalue weighted by Gasteiger charge is -2.29. The summed E-state index contributed by atoms with van der Waals surface area (Å²) in [4.78, 5) is 25.8. The summed E-state index contributed by atoms with van der Waals surface area (Å²) in [6.45, 7) is 1.92. The van der Waals surface area contributed by atoms with Gasteiger partial charge in [-0.25, -0.2) is 0 Å². The zero-order valence-corrected chi connectivity index (χ0v) is 12.9. The molecular weight excluding hydrogens is 286 g/mol. The van der Waals surface area contributed by atoms with Crippen LogP contribution in [0.3, 0.4) is 0 Å². The highest BCUT2D eigenvalue weighted by molar-refractivity contribution is 6.09. The van der Waals surface area contributed by atoms with Crippen molar-refractivity contribution in [2.75, 3.05) is 6.54 Å². The van der Waals surface area contributed by atoms with Crippen molar-refractivity contribution in [2.45, 2.75) is 12.8 Å². The molecule has 1 saturated heterocycles. The second-order valence-electron chi connectivity index (χ2n) is 6.16. The standard InChI is InChI=1S/C20H17NO2/c1-13(22)21-12-18-17(20(21)23)11-15-9-5-6-10-16(15)19(18)14-7-3-2-4-8-14/h2-11,18-19H,12H2,1H3/t18-,19+/m0/s1. The highest BCUT2D eigenvalue weighted by Crippen LogP contribution is 2.46. The van der Waals surface area contributed by atoms with Crippen molar-refractivity contribution in [3.63, 3.8) is 0 Å². The summed E-state index contributed by atoms with van der Waals surface area (Å²) in [5.41, 5.74) is 4.25. The SMILES string of the molecule is CC(=O)N1C[C@H]2C(=Cc3ccccc3[C@H]2c2ccccc2)C1=O. The number of fused-ring (bicyclic) bond motifs is 2. The molecule has 0 saturated carbocycles. The predicted octanol–water partition coefficient (Wildman–Crippen LogP) is 3.22. The summed E-state index contributed by atoms with van der Waals surface area (Å²) in [6.07, 6.45) is 1.96. The number of rotatable bonds is 1. The van der Waals surface area contributed by atoms with E-state index in [0.717, 1.165) is 11.1 Å². The van der Waals surface area contributed by atoms with E-state index in [1.54, 1.807) is 0 Å². The zero-order valence-electron chi connectivity index (χ0n) is 12.9. The van der Waals surface area contributed by atoms with Crippen LogP contribution in [0.5, 0.6) is 0 Å². The number of carbonyl (C=O) groups is 2. The summed E-state index contributed by atoms with van der Waals surface area (Å²) >= 11 is 0. The van der Waals surface area contributed by atoms with Gasteiger partial charge in [-0.15, -0.1) is 0 Å². The molecule has 0 unspecified atom stereocenters. The summed E-state index contributed by atoms with van der Waals surface area (Å²) < 4.78 is 0. The average molecular weight is 303 g/mol. The van der Waals surface area contributed by atoms with Gasteiger partial charge >= 0.3 is 0 Å². The summed E-state index contributed by atoms with van der Waals surface area (Å²) in [7, 11) is 0. The molecule has 2 aliphatic rings. The third-order valence-electron chi connectivity index (χ3n) is 4.85. The maximum absolute atomic E-state index is 12.6. The number of likely N-dealkylation sites (tertiary alicyclic amines) is 1. The van der Waals surface area contributed by atoms with Crippen LogP contribution in [-0.4, -0.2) is 23.3 Å². The fraction of sp³-hybridized carbons (Fsp3) is 0.200. The first-order chi connectivity index (χ1) is 11.2. The van der Waals surface area contributed by atoms with E-state index >= 15 is 0 Å². The topological polar surface area (TPSA) is 37.4 Å². The van der Waals surface area contributed by atoms with Gasteiger partial charge in [0.05, 0.1) is 0 Å². The molecule has 4 rings (SSSR count). The summed E-state index contributed by atoms with van der Waals surface area (Å²) in [5.74, 6) is -0.177. The van der Waals surface area contributed by atoms with Gasteiger partial charge in [0.25, 0.3) is 5.91 Å². The molecular formula is C20H17NO2. The van der Waals surface area contributed by atoms with E-state index in [2.05, 4.69) is 18.2 Å². The van der Waals surface area contributed by atoms with E-state index in [-0.39, 0.29) is 23.7 Å². The molecule has 3 heteroatoms. The lowest BCUT2D eigenvalue weighted by Crippen LogP contribution is -2.30. The molecule has 1 heterocycles. The molecule has 2 aromatic carbocycles. The van der Waals surface area contributed by atoms with E-state index in [0.29, 0.717) is 6.54 Å². The Bertz CT molecular complexity index is 823. The molecule has 2 amide bonds. The quantitative estimate of drug-likeness (QED) is 0.811. The van der Waals surface area contributed by atoms with E-state index in [9.17, 15) is 9.59 Å². The number of carbonyl (C=O) groups excluding carboxylic acids is 2. The van der Waals surface area contributed by atoms with Crippen LogP contribution in [-0.2, 0) is 9.59 Å². The van der Waals surface area contributed by atoms with E-state index in [1.165, 1.54) is 23.0 Å². The molecule has 2 atom stereocenters.